The Kier molecular flexibility index (Phi) is 3.60. The number of nitrogens with zero attached hydrogens (tertiary/aromatic N) is 2. The van der Waals surface area contributed by atoms with Crippen molar-refractivity contribution in [1.29, 1.82) is 0 Å². The molecule has 1 aromatic rings. The van der Waals surface area contributed by atoms with Crippen molar-refractivity contribution in [1.82, 2.24) is 4.98 Å². The van der Waals surface area contributed by atoms with Gasteiger partial charge in [0, 0.05) is 23.8 Å². The lowest BCUT2D eigenvalue weighted by atomic mass is 9.75. The van der Waals surface area contributed by atoms with E-state index in [0.717, 1.165) is 16.3 Å². The molecule has 2 fully saturated rings. The summed E-state index contributed by atoms with van der Waals surface area (Å²) in [6.45, 7) is 4.58. The van der Waals surface area contributed by atoms with Crippen LogP contribution in [0.3, 0.4) is 0 Å². The number of hydrogen-bond donors (Lipinski definition) is 0. The Morgan fingerprint density at radius 3 is 2.78 bits per heavy atom. The zero-order valence-electron chi connectivity index (χ0n) is 11.0. The number of anilines is 1. The van der Waals surface area contributed by atoms with Gasteiger partial charge in [0.2, 0.25) is 0 Å². The molecule has 18 heavy (non-hydrogen) atoms. The monoisotopic (exact) mass is 308 g/mol. The molecule has 2 nitrogen and oxygen atoms in total. The largest absolute Gasteiger partial charge is 0.356 e. The fourth-order valence-corrected chi connectivity index (χ4v) is 4.10. The Balaban J connectivity index is 1.77. The van der Waals surface area contributed by atoms with Crippen LogP contribution in [0.2, 0.25) is 0 Å². The van der Waals surface area contributed by atoms with Gasteiger partial charge in [0.05, 0.1) is 0 Å². The van der Waals surface area contributed by atoms with E-state index in [1.54, 1.807) is 0 Å². The Morgan fingerprint density at radius 1 is 1.22 bits per heavy atom. The zero-order chi connectivity index (χ0) is 12.5. The van der Waals surface area contributed by atoms with Gasteiger partial charge < -0.3 is 4.90 Å². The van der Waals surface area contributed by atoms with Crippen molar-refractivity contribution >= 4 is 21.7 Å². The fraction of sp³-hybridized carbons (Fsp3) is 0.667. The normalized spacial score (nSPS) is 28.0. The average molecular weight is 309 g/mol. The van der Waals surface area contributed by atoms with Gasteiger partial charge in [-0.25, -0.2) is 4.98 Å². The lowest BCUT2D eigenvalue weighted by Crippen LogP contribution is -2.42. The van der Waals surface area contributed by atoms with Crippen LogP contribution in [0.5, 0.6) is 0 Å². The maximum atomic E-state index is 4.62. The Hall–Kier alpha value is -0.570. The third-order valence-electron chi connectivity index (χ3n) is 4.61. The van der Waals surface area contributed by atoms with Crippen molar-refractivity contribution < 1.29 is 0 Å². The Morgan fingerprint density at radius 2 is 2.00 bits per heavy atom. The average Bonchev–Trinajstić information content (AvgIpc) is 2.38. The maximum Gasteiger partial charge on any atom is 0.131 e. The predicted molar refractivity (Wildman–Crippen MR) is 79.0 cm³/mol. The van der Waals surface area contributed by atoms with Gasteiger partial charge in [0.25, 0.3) is 0 Å². The lowest BCUT2D eigenvalue weighted by Gasteiger charge is -2.42. The van der Waals surface area contributed by atoms with Crippen LogP contribution < -0.4 is 4.90 Å². The molecule has 2 unspecified atom stereocenters. The van der Waals surface area contributed by atoms with Crippen molar-refractivity contribution in [2.24, 2.45) is 11.8 Å². The maximum absolute atomic E-state index is 4.62. The van der Waals surface area contributed by atoms with Crippen LogP contribution >= 0.6 is 15.9 Å². The van der Waals surface area contributed by atoms with Crippen molar-refractivity contribution in [3.05, 3.63) is 22.3 Å². The minimum absolute atomic E-state index is 0.914. The van der Waals surface area contributed by atoms with E-state index in [0.29, 0.717) is 0 Å². The molecule has 1 saturated heterocycles. The molecule has 1 saturated carbocycles. The molecule has 2 heterocycles. The smallest absolute Gasteiger partial charge is 0.131 e. The zero-order valence-corrected chi connectivity index (χ0v) is 12.6. The lowest BCUT2D eigenvalue weighted by molar-refractivity contribution is 0.202. The summed E-state index contributed by atoms with van der Waals surface area (Å²) in [7, 11) is 0. The van der Waals surface area contributed by atoms with E-state index in [4.69, 9.17) is 0 Å². The molecule has 3 rings (SSSR count). The number of pyridine rings is 1. The Bertz CT molecular complexity index is 433. The van der Waals surface area contributed by atoms with E-state index in [1.807, 2.05) is 6.20 Å². The molecule has 0 amide bonds. The molecular weight excluding hydrogens is 288 g/mol. The fourth-order valence-electron chi connectivity index (χ4n) is 3.66. The number of fused-ring (bicyclic) bond motifs is 1. The summed E-state index contributed by atoms with van der Waals surface area (Å²) in [6, 6.07) is 2.18. The minimum atomic E-state index is 0.914. The molecule has 0 bridgehead atoms. The molecule has 0 radical (unpaired) electrons. The molecule has 2 aliphatic rings. The van der Waals surface area contributed by atoms with Crippen molar-refractivity contribution in [2.75, 3.05) is 18.0 Å². The number of piperidine rings is 1. The number of halogens is 1. The van der Waals surface area contributed by atoms with E-state index in [2.05, 4.69) is 38.8 Å². The third kappa shape index (κ3) is 2.42. The van der Waals surface area contributed by atoms with Crippen LogP contribution in [0.25, 0.3) is 0 Å². The predicted octanol–water partition coefficient (Wildman–Crippen LogP) is 4.17. The molecule has 2 atom stereocenters. The third-order valence-corrected chi connectivity index (χ3v) is 5.04. The van der Waals surface area contributed by atoms with E-state index < -0.39 is 0 Å². The quantitative estimate of drug-likeness (QED) is 0.774. The van der Waals surface area contributed by atoms with Crippen LogP contribution in [0.4, 0.5) is 5.82 Å². The van der Waals surface area contributed by atoms with Gasteiger partial charge in [-0.15, -0.1) is 0 Å². The molecule has 0 aromatic carbocycles. The number of aromatic nitrogens is 1. The second-order valence-corrected chi connectivity index (χ2v) is 6.75. The van der Waals surface area contributed by atoms with Gasteiger partial charge in [0.15, 0.2) is 0 Å². The highest BCUT2D eigenvalue weighted by Crippen LogP contribution is 2.37. The van der Waals surface area contributed by atoms with E-state index >= 15 is 0 Å². The molecular formula is C15H21BrN2. The van der Waals surface area contributed by atoms with Crippen LogP contribution in [-0.4, -0.2) is 18.1 Å². The number of hydrogen-bond acceptors (Lipinski definition) is 2. The van der Waals surface area contributed by atoms with Crippen LogP contribution in [-0.2, 0) is 0 Å². The Labute approximate surface area is 118 Å². The summed E-state index contributed by atoms with van der Waals surface area (Å²) in [5.41, 5.74) is 1.29. The highest BCUT2D eigenvalue weighted by molar-refractivity contribution is 9.10. The number of rotatable bonds is 1. The summed E-state index contributed by atoms with van der Waals surface area (Å²) in [5, 5.41) is 0. The summed E-state index contributed by atoms with van der Waals surface area (Å²) in [5.74, 6) is 3.10. The van der Waals surface area contributed by atoms with Gasteiger partial charge >= 0.3 is 0 Å². The first kappa shape index (κ1) is 12.5. The number of aryl methyl sites for hydroxylation is 1. The molecule has 98 valence electrons. The summed E-state index contributed by atoms with van der Waals surface area (Å²) < 4.78 is 1.08. The van der Waals surface area contributed by atoms with Gasteiger partial charge in [-0.05, 0) is 59.2 Å². The second-order valence-electron chi connectivity index (χ2n) is 5.83. The van der Waals surface area contributed by atoms with Crippen molar-refractivity contribution in [3.63, 3.8) is 0 Å². The SMILES string of the molecule is Cc1cc(Br)cnc1N1CCC2CCCCC2C1. The van der Waals surface area contributed by atoms with E-state index in [9.17, 15) is 0 Å². The van der Waals surface area contributed by atoms with Gasteiger partial charge in [-0.1, -0.05) is 19.3 Å². The van der Waals surface area contributed by atoms with E-state index in [1.165, 1.54) is 56.6 Å². The summed E-state index contributed by atoms with van der Waals surface area (Å²) in [4.78, 5) is 7.13. The highest BCUT2D eigenvalue weighted by Gasteiger charge is 2.31. The molecule has 0 N–H and O–H groups in total. The summed E-state index contributed by atoms with van der Waals surface area (Å²) in [6.07, 6.45) is 9.07. The molecule has 0 spiro atoms. The van der Waals surface area contributed by atoms with Gasteiger partial charge in [-0.3, -0.25) is 0 Å². The molecule has 1 aliphatic heterocycles. The first-order chi connectivity index (χ1) is 8.74. The van der Waals surface area contributed by atoms with Gasteiger partial charge in [-0.2, -0.15) is 0 Å². The topological polar surface area (TPSA) is 16.1 Å². The van der Waals surface area contributed by atoms with Crippen molar-refractivity contribution in [2.45, 2.75) is 39.0 Å². The first-order valence-electron chi connectivity index (χ1n) is 7.11. The minimum Gasteiger partial charge on any atom is -0.356 e. The summed E-state index contributed by atoms with van der Waals surface area (Å²) >= 11 is 3.49. The molecule has 1 aromatic heterocycles. The van der Waals surface area contributed by atoms with Crippen LogP contribution in [0.15, 0.2) is 16.7 Å². The van der Waals surface area contributed by atoms with Gasteiger partial charge in [0.1, 0.15) is 5.82 Å². The molecule has 1 aliphatic carbocycles. The standard InChI is InChI=1S/C15H21BrN2/c1-11-8-14(16)9-17-15(11)18-7-6-12-4-2-3-5-13(12)10-18/h8-9,12-13H,2-7,10H2,1H3. The van der Waals surface area contributed by atoms with Crippen LogP contribution in [0.1, 0.15) is 37.7 Å². The first-order valence-corrected chi connectivity index (χ1v) is 7.90. The second kappa shape index (κ2) is 5.20. The highest BCUT2D eigenvalue weighted by atomic mass is 79.9. The van der Waals surface area contributed by atoms with Crippen molar-refractivity contribution in [3.8, 4) is 0 Å². The van der Waals surface area contributed by atoms with Crippen LogP contribution in [0, 0.1) is 18.8 Å². The molecule has 3 heteroatoms. The van der Waals surface area contributed by atoms with E-state index in [-0.39, 0.29) is 0 Å².